The zero-order valence-electron chi connectivity index (χ0n) is 23.5. The van der Waals surface area contributed by atoms with Gasteiger partial charge in [0.1, 0.15) is 5.82 Å². The summed E-state index contributed by atoms with van der Waals surface area (Å²) in [5.74, 6) is 2.63. The van der Waals surface area contributed by atoms with Crippen molar-refractivity contribution >= 4 is 28.1 Å². The van der Waals surface area contributed by atoms with Crippen LogP contribution in [0.2, 0.25) is 0 Å². The maximum absolute atomic E-state index is 11.3. The molecule has 9 nitrogen and oxygen atoms in total. The van der Waals surface area contributed by atoms with Gasteiger partial charge in [-0.05, 0) is 65.9 Å². The number of hydrogen-bond acceptors (Lipinski definition) is 8. The Labute approximate surface area is 243 Å². The van der Waals surface area contributed by atoms with Crippen molar-refractivity contribution in [1.82, 2.24) is 14.9 Å². The van der Waals surface area contributed by atoms with Crippen molar-refractivity contribution in [1.29, 1.82) is 0 Å². The lowest BCUT2D eigenvalue weighted by atomic mass is 9.98. The number of nitrogens with zero attached hydrogens (tertiary/aromatic N) is 4. The summed E-state index contributed by atoms with van der Waals surface area (Å²) < 4.78 is 11.0. The summed E-state index contributed by atoms with van der Waals surface area (Å²) >= 11 is 0. The van der Waals surface area contributed by atoms with Gasteiger partial charge in [-0.2, -0.15) is 0 Å². The van der Waals surface area contributed by atoms with Gasteiger partial charge < -0.3 is 14.8 Å². The second kappa shape index (κ2) is 11.8. The topological polar surface area (TPSA) is 103 Å². The lowest BCUT2D eigenvalue weighted by Gasteiger charge is -2.29. The molecule has 1 aliphatic rings. The van der Waals surface area contributed by atoms with Crippen LogP contribution in [0.3, 0.4) is 0 Å². The first kappa shape index (κ1) is 27.2. The molecule has 0 saturated heterocycles. The number of non-ortho nitro benzene ring substituents is 1. The molecule has 5 aromatic rings. The van der Waals surface area contributed by atoms with Gasteiger partial charge >= 0.3 is 0 Å². The van der Waals surface area contributed by atoms with E-state index in [1.807, 2.05) is 24.3 Å². The van der Waals surface area contributed by atoms with Crippen LogP contribution in [0.1, 0.15) is 16.7 Å². The lowest BCUT2D eigenvalue weighted by molar-refractivity contribution is -0.384. The number of nitrogens with one attached hydrogen (secondary N) is 1. The van der Waals surface area contributed by atoms with E-state index in [2.05, 4.69) is 51.6 Å². The van der Waals surface area contributed by atoms with Gasteiger partial charge in [-0.1, -0.05) is 36.4 Å². The fourth-order valence-electron chi connectivity index (χ4n) is 5.37. The van der Waals surface area contributed by atoms with E-state index < -0.39 is 4.92 Å². The third kappa shape index (κ3) is 5.73. The van der Waals surface area contributed by atoms with Crippen LogP contribution >= 0.6 is 0 Å². The Kier molecular flexibility index (Phi) is 7.66. The Morgan fingerprint density at radius 2 is 1.67 bits per heavy atom. The van der Waals surface area contributed by atoms with Crippen molar-refractivity contribution in [2.24, 2.45) is 0 Å². The molecular weight excluding hydrogens is 530 g/mol. The van der Waals surface area contributed by atoms with Gasteiger partial charge in [0.15, 0.2) is 17.3 Å². The molecule has 4 aromatic carbocycles. The molecular formula is C33H31N5O4. The van der Waals surface area contributed by atoms with Crippen LogP contribution in [0.5, 0.6) is 11.5 Å². The normalized spacial score (nSPS) is 13.0. The second-order valence-corrected chi connectivity index (χ2v) is 10.3. The minimum atomic E-state index is -0.413. The third-order valence-corrected chi connectivity index (χ3v) is 7.65. The predicted molar refractivity (Wildman–Crippen MR) is 164 cm³/mol. The number of ether oxygens (including phenoxy) is 2. The highest BCUT2D eigenvalue weighted by atomic mass is 16.6. The van der Waals surface area contributed by atoms with E-state index in [-0.39, 0.29) is 5.69 Å². The highest BCUT2D eigenvalue weighted by molar-refractivity contribution is 5.92. The first-order valence-electron chi connectivity index (χ1n) is 13.8. The van der Waals surface area contributed by atoms with Crippen LogP contribution in [-0.4, -0.2) is 47.1 Å². The number of methoxy groups -OCH3 is 2. The summed E-state index contributed by atoms with van der Waals surface area (Å²) in [5, 5.41) is 15.6. The molecule has 1 N–H and O–H groups in total. The monoisotopic (exact) mass is 561 g/mol. The Bertz CT molecular complexity index is 1760. The van der Waals surface area contributed by atoms with E-state index in [1.165, 1.54) is 28.8 Å². The molecule has 6 rings (SSSR count). The number of rotatable bonds is 9. The lowest BCUT2D eigenvalue weighted by Crippen LogP contribution is -2.32. The molecule has 0 spiro atoms. The first-order valence-corrected chi connectivity index (χ1v) is 13.8. The summed E-state index contributed by atoms with van der Waals surface area (Å²) in [7, 11) is 3.35. The summed E-state index contributed by atoms with van der Waals surface area (Å²) in [6.45, 7) is 2.86. The van der Waals surface area contributed by atoms with E-state index in [0.717, 1.165) is 60.6 Å². The zero-order chi connectivity index (χ0) is 29.1. The number of hydrogen-bond donors (Lipinski definition) is 1. The van der Waals surface area contributed by atoms with E-state index in [9.17, 15) is 10.1 Å². The molecule has 9 heteroatoms. The molecule has 0 unspecified atom stereocenters. The van der Waals surface area contributed by atoms with Gasteiger partial charge in [-0.3, -0.25) is 15.0 Å². The van der Waals surface area contributed by atoms with Crippen molar-refractivity contribution < 1.29 is 14.4 Å². The van der Waals surface area contributed by atoms with Crippen LogP contribution in [0.15, 0.2) is 84.9 Å². The van der Waals surface area contributed by atoms with Crippen LogP contribution < -0.4 is 14.8 Å². The number of fused-ring (bicyclic) bond motifs is 2. The molecule has 1 aromatic heterocycles. The fourth-order valence-corrected chi connectivity index (χ4v) is 5.37. The van der Waals surface area contributed by atoms with E-state index in [1.54, 1.807) is 26.4 Å². The maximum Gasteiger partial charge on any atom is 0.270 e. The van der Waals surface area contributed by atoms with Crippen LogP contribution in [0.4, 0.5) is 17.2 Å². The largest absolute Gasteiger partial charge is 0.493 e. The fraction of sp³-hybridized carbons (Fsp3) is 0.212. The highest BCUT2D eigenvalue weighted by Gasteiger charge is 2.19. The standard InChI is InChI=1S/C33H31N5O4/c1-41-30-19-23-15-17-37(21-25(23)20-31(30)42-2)16-14-22-10-12-26(13-11-22)34-33-28-8-3-4-9-29(28)35-32(36-33)24-6-5-7-27(18-24)38(39)40/h3-13,18-20H,14-17,21H2,1-2H3,(H,34,35,36). The zero-order valence-corrected chi connectivity index (χ0v) is 23.5. The average Bonchev–Trinajstić information content (AvgIpc) is 3.03. The Balaban J connectivity index is 1.16. The molecule has 1 aliphatic heterocycles. The number of nitro benzene ring substituents is 1. The Morgan fingerprint density at radius 3 is 2.43 bits per heavy atom. The molecule has 0 amide bonds. The molecule has 0 atom stereocenters. The van der Waals surface area contributed by atoms with Crippen molar-refractivity contribution in [2.45, 2.75) is 19.4 Å². The number of para-hydroxylation sites is 1. The van der Waals surface area contributed by atoms with Gasteiger partial charge in [0.2, 0.25) is 0 Å². The van der Waals surface area contributed by atoms with E-state index >= 15 is 0 Å². The van der Waals surface area contributed by atoms with Crippen molar-refractivity contribution in [3.05, 3.63) is 112 Å². The summed E-state index contributed by atoms with van der Waals surface area (Å²) in [6.07, 6.45) is 1.93. The van der Waals surface area contributed by atoms with Gasteiger partial charge in [0.25, 0.3) is 5.69 Å². The van der Waals surface area contributed by atoms with Crippen LogP contribution in [0.25, 0.3) is 22.3 Å². The molecule has 0 radical (unpaired) electrons. The van der Waals surface area contributed by atoms with E-state index in [0.29, 0.717) is 17.2 Å². The average molecular weight is 562 g/mol. The molecule has 0 fully saturated rings. The van der Waals surface area contributed by atoms with Crippen LogP contribution in [-0.2, 0) is 19.4 Å². The quantitative estimate of drug-likeness (QED) is 0.159. The summed E-state index contributed by atoms with van der Waals surface area (Å²) in [6, 6.07) is 26.7. The van der Waals surface area contributed by atoms with Gasteiger partial charge in [-0.15, -0.1) is 0 Å². The Morgan fingerprint density at radius 1 is 0.905 bits per heavy atom. The number of anilines is 2. The minimum absolute atomic E-state index is 0.00285. The smallest absolute Gasteiger partial charge is 0.270 e. The minimum Gasteiger partial charge on any atom is -0.493 e. The van der Waals surface area contributed by atoms with Gasteiger partial charge in [0.05, 0.1) is 24.7 Å². The summed E-state index contributed by atoms with van der Waals surface area (Å²) in [4.78, 5) is 22.8. The second-order valence-electron chi connectivity index (χ2n) is 10.3. The third-order valence-electron chi connectivity index (χ3n) is 7.65. The predicted octanol–water partition coefficient (Wildman–Crippen LogP) is 6.57. The SMILES string of the molecule is COc1cc2c(cc1OC)CN(CCc1ccc(Nc3nc(-c4cccc([N+](=O)[O-])c4)nc4ccccc34)cc1)CC2. The number of nitro groups is 1. The van der Waals surface area contributed by atoms with Gasteiger partial charge in [-0.25, -0.2) is 9.97 Å². The molecule has 2 heterocycles. The highest BCUT2D eigenvalue weighted by Crippen LogP contribution is 2.33. The maximum atomic E-state index is 11.3. The molecule has 212 valence electrons. The first-order chi connectivity index (χ1) is 20.5. The Hall–Kier alpha value is -5.02. The van der Waals surface area contributed by atoms with Crippen molar-refractivity contribution in [3.63, 3.8) is 0 Å². The number of aromatic nitrogens is 2. The van der Waals surface area contributed by atoms with E-state index in [4.69, 9.17) is 14.5 Å². The molecule has 0 aliphatic carbocycles. The van der Waals surface area contributed by atoms with Gasteiger partial charge in [0, 0.05) is 48.4 Å². The molecule has 0 bridgehead atoms. The van der Waals surface area contributed by atoms with Crippen LogP contribution in [0, 0.1) is 10.1 Å². The summed E-state index contributed by atoms with van der Waals surface area (Å²) in [5.41, 5.74) is 6.12. The molecule has 42 heavy (non-hydrogen) atoms. The number of benzene rings is 4. The molecule has 0 saturated carbocycles. The van der Waals surface area contributed by atoms with Crippen molar-refractivity contribution in [2.75, 3.05) is 32.6 Å². The van der Waals surface area contributed by atoms with Crippen molar-refractivity contribution in [3.8, 4) is 22.9 Å².